The van der Waals surface area contributed by atoms with Crippen LogP contribution in [0.4, 0.5) is 4.39 Å². The summed E-state index contributed by atoms with van der Waals surface area (Å²) in [5, 5.41) is 20.7. The van der Waals surface area contributed by atoms with Crippen LogP contribution in [0.5, 0.6) is 0 Å². The van der Waals surface area contributed by atoms with Gasteiger partial charge in [-0.2, -0.15) is 0 Å². The molecular weight excluding hydrogens is 377 g/mol. The summed E-state index contributed by atoms with van der Waals surface area (Å²) in [5.74, 6) is -1.63. The van der Waals surface area contributed by atoms with Crippen molar-refractivity contribution in [3.05, 3.63) is 63.1 Å². The number of hydrogen-bond donors (Lipinski definition) is 2. The molecule has 0 bridgehead atoms. The minimum atomic E-state index is -1.29. The van der Waals surface area contributed by atoms with E-state index in [0.29, 0.717) is 23.2 Å². The minimum absolute atomic E-state index is 0.0949. The first-order valence-corrected chi connectivity index (χ1v) is 9.68. The van der Waals surface area contributed by atoms with Crippen molar-refractivity contribution >= 4 is 11.5 Å². The van der Waals surface area contributed by atoms with Gasteiger partial charge < -0.3 is 10.4 Å². The van der Waals surface area contributed by atoms with Crippen molar-refractivity contribution in [3.63, 3.8) is 0 Å². The maximum Gasteiger partial charge on any atom is 0.341 e. The van der Waals surface area contributed by atoms with E-state index in [2.05, 4.69) is 15.6 Å². The number of hydrogen-bond acceptors (Lipinski definition) is 5. The van der Waals surface area contributed by atoms with Crippen molar-refractivity contribution in [3.8, 4) is 0 Å². The Kier molecular flexibility index (Phi) is 4.02. The van der Waals surface area contributed by atoms with Crippen molar-refractivity contribution in [1.82, 2.24) is 24.7 Å². The van der Waals surface area contributed by atoms with E-state index in [4.69, 9.17) is 0 Å². The van der Waals surface area contributed by atoms with E-state index in [9.17, 15) is 14.7 Å². The Morgan fingerprint density at radius 3 is 2.79 bits per heavy atom. The SMILES string of the molecule is Cc1c(C2NCCC2n2ccnn2)c(F)cn2c(=O)c(C(=O)O)cc(C3CC3)c12. The molecule has 0 spiro atoms. The molecule has 1 aliphatic carbocycles. The Labute approximate surface area is 165 Å². The second-order valence-corrected chi connectivity index (χ2v) is 7.80. The first-order chi connectivity index (χ1) is 14.0. The smallest absolute Gasteiger partial charge is 0.341 e. The molecule has 1 saturated heterocycles. The molecule has 2 fully saturated rings. The summed E-state index contributed by atoms with van der Waals surface area (Å²) >= 11 is 0. The number of carboxylic acid groups (broad SMARTS) is 1. The van der Waals surface area contributed by atoms with Gasteiger partial charge in [0, 0.05) is 18.0 Å². The number of rotatable bonds is 4. The van der Waals surface area contributed by atoms with Gasteiger partial charge in [0.1, 0.15) is 11.4 Å². The highest BCUT2D eigenvalue weighted by atomic mass is 19.1. The molecule has 3 aromatic rings. The molecule has 0 radical (unpaired) electrons. The van der Waals surface area contributed by atoms with Gasteiger partial charge in [-0.05, 0) is 55.8 Å². The molecule has 1 saturated carbocycles. The van der Waals surface area contributed by atoms with Crippen LogP contribution in [0.25, 0.3) is 5.52 Å². The molecule has 2 atom stereocenters. The third kappa shape index (κ3) is 2.76. The van der Waals surface area contributed by atoms with Crippen molar-refractivity contribution < 1.29 is 14.3 Å². The average molecular weight is 397 g/mol. The molecule has 4 heterocycles. The van der Waals surface area contributed by atoms with Gasteiger partial charge >= 0.3 is 5.97 Å². The van der Waals surface area contributed by atoms with E-state index in [1.807, 2.05) is 0 Å². The second kappa shape index (κ2) is 6.48. The minimum Gasteiger partial charge on any atom is -0.477 e. The van der Waals surface area contributed by atoms with E-state index >= 15 is 4.39 Å². The standard InChI is InChI=1S/C20H20FN5O3/c1-10-16(17-15(4-5-22-17)26-7-6-23-24-26)14(21)9-25-18(10)12(11-2-3-11)8-13(19(25)27)20(28)29/h6-9,11,15,17,22H,2-5H2,1H3,(H,28,29). The number of carbonyl (C=O) groups is 1. The lowest BCUT2D eigenvalue weighted by atomic mass is 9.93. The van der Waals surface area contributed by atoms with E-state index < -0.39 is 17.3 Å². The highest BCUT2D eigenvalue weighted by Gasteiger charge is 2.36. The van der Waals surface area contributed by atoms with E-state index in [1.54, 1.807) is 24.0 Å². The third-order valence-corrected chi connectivity index (χ3v) is 6.05. The Hall–Kier alpha value is -3.07. The number of halogens is 1. The number of aromatic carboxylic acids is 1. The highest BCUT2D eigenvalue weighted by molar-refractivity contribution is 5.88. The lowest BCUT2D eigenvalue weighted by Crippen LogP contribution is -2.27. The summed E-state index contributed by atoms with van der Waals surface area (Å²) in [7, 11) is 0. The molecule has 150 valence electrons. The summed E-state index contributed by atoms with van der Waals surface area (Å²) in [4.78, 5) is 24.3. The fourth-order valence-corrected chi connectivity index (χ4v) is 4.57. The van der Waals surface area contributed by atoms with Gasteiger partial charge in [-0.1, -0.05) is 5.21 Å². The van der Waals surface area contributed by atoms with E-state index in [1.165, 1.54) is 10.5 Å². The number of carboxylic acids is 1. The van der Waals surface area contributed by atoms with Crippen LogP contribution in [0.15, 0.2) is 29.5 Å². The molecule has 2 N–H and O–H groups in total. The molecule has 29 heavy (non-hydrogen) atoms. The molecule has 2 aliphatic rings. The Morgan fingerprint density at radius 2 is 2.14 bits per heavy atom. The number of aryl methyl sites for hydroxylation is 1. The van der Waals surface area contributed by atoms with Gasteiger partial charge in [-0.3, -0.25) is 9.20 Å². The normalized spacial score (nSPS) is 21.7. The third-order valence-electron chi connectivity index (χ3n) is 6.05. The molecule has 0 aromatic carbocycles. The van der Waals surface area contributed by atoms with Crippen molar-refractivity contribution in [2.45, 2.75) is 44.2 Å². The van der Waals surface area contributed by atoms with Gasteiger partial charge in [-0.15, -0.1) is 5.10 Å². The number of aromatic nitrogens is 4. The number of nitrogens with zero attached hydrogens (tertiary/aromatic N) is 4. The van der Waals surface area contributed by atoms with Crippen molar-refractivity contribution in [2.75, 3.05) is 6.54 Å². The van der Waals surface area contributed by atoms with Gasteiger partial charge in [0.2, 0.25) is 0 Å². The van der Waals surface area contributed by atoms with Crippen molar-refractivity contribution in [2.24, 2.45) is 0 Å². The number of pyridine rings is 2. The van der Waals surface area contributed by atoms with Gasteiger partial charge in [0.25, 0.3) is 5.56 Å². The Balaban J connectivity index is 1.76. The Morgan fingerprint density at radius 1 is 1.34 bits per heavy atom. The zero-order valence-electron chi connectivity index (χ0n) is 15.8. The average Bonchev–Trinajstić information content (AvgIpc) is 3.17. The first kappa shape index (κ1) is 18.0. The molecule has 9 heteroatoms. The van der Waals surface area contributed by atoms with E-state index in [0.717, 1.165) is 31.0 Å². The van der Waals surface area contributed by atoms with E-state index in [-0.39, 0.29) is 23.6 Å². The molecular formula is C20H20FN5O3. The summed E-state index contributed by atoms with van der Waals surface area (Å²) in [6, 6.07) is 1.06. The van der Waals surface area contributed by atoms with Gasteiger partial charge in [0.15, 0.2) is 0 Å². The highest BCUT2D eigenvalue weighted by Crippen LogP contribution is 2.44. The molecule has 8 nitrogen and oxygen atoms in total. The van der Waals surface area contributed by atoms with Crippen LogP contribution in [-0.2, 0) is 0 Å². The van der Waals surface area contributed by atoms with Gasteiger partial charge in [-0.25, -0.2) is 13.9 Å². The van der Waals surface area contributed by atoms with Gasteiger partial charge in [0.05, 0.1) is 23.8 Å². The Bertz CT molecular complexity index is 1180. The lowest BCUT2D eigenvalue weighted by Gasteiger charge is -2.24. The number of nitrogens with one attached hydrogen (secondary N) is 1. The van der Waals surface area contributed by atoms with Crippen LogP contribution in [0.1, 0.15) is 64.3 Å². The largest absolute Gasteiger partial charge is 0.477 e. The fraction of sp³-hybridized carbons (Fsp3) is 0.400. The summed E-state index contributed by atoms with van der Waals surface area (Å²) < 4.78 is 18.2. The monoisotopic (exact) mass is 397 g/mol. The second-order valence-electron chi connectivity index (χ2n) is 7.80. The quantitative estimate of drug-likeness (QED) is 0.700. The summed E-state index contributed by atoms with van der Waals surface area (Å²) in [6.45, 7) is 2.51. The maximum absolute atomic E-state index is 15.3. The van der Waals surface area contributed by atoms with Crippen LogP contribution in [0.2, 0.25) is 0 Å². The zero-order valence-corrected chi connectivity index (χ0v) is 15.8. The van der Waals surface area contributed by atoms with Crippen LogP contribution in [-0.4, -0.2) is 37.0 Å². The molecule has 0 amide bonds. The molecule has 3 aromatic heterocycles. The predicted molar refractivity (Wildman–Crippen MR) is 102 cm³/mol. The molecule has 2 unspecified atom stereocenters. The lowest BCUT2D eigenvalue weighted by molar-refractivity contribution is 0.0694. The van der Waals surface area contributed by atoms with Crippen LogP contribution in [0, 0.1) is 12.7 Å². The number of fused-ring (bicyclic) bond motifs is 1. The van der Waals surface area contributed by atoms with Crippen LogP contribution < -0.4 is 10.9 Å². The van der Waals surface area contributed by atoms with Crippen molar-refractivity contribution in [1.29, 1.82) is 0 Å². The first-order valence-electron chi connectivity index (χ1n) is 9.68. The maximum atomic E-state index is 15.3. The topological polar surface area (TPSA) is 102 Å². The molecule has 1 aliphatic heterocycles. The van der Waals surface area contributed by atoms with Crippen LogP contribution in [0.3, 0.4) is 0 Å². The summed E-state index contributed by atoms with van der Waals surface area (Å²) in [5.41, 5.74) is 1.53. The predicted octanol–water partition coefficient (Wildman–Crippen LogP) is 2.19. The zero-order chi connectivity index (χ0) is 20.3. The summed E-state index contributed by atoms with van der Waals surface area (Å²) in [6.07, 6.45) is 7.13. The van der Waals surface area contributed by atoms with Crippen LogP contribution >= 0.6 is 0 Å². The molecule has 5 rings (SSSR count). The fourth-order valence-electron chi connectivity index (χ4n) is 4.57.